The molecule has 0 bridgehead atoms. The number of fused-ring (bicyclic) bond motifs is 2. The Hall–Kier alpha value is -8.05. The lowest BCUT2D eigenvalue weighted by molar-refractivity contribution is -0.139. The topological polar surface area (TPSA) is 144 Å². The Morgan fingerprint density at radius 2 is 1.06 bits per heavy atom. The Kier molecular flexibility index (Phi) is 14.3. The van der Waals surface area contributed by atoms with Crippen molar-refractivity contribution in [3.63, 3.8) is 0 Å². The third kappa shape index (κ3) is 11.7. The minimum absolute atomic E-state index is 0.00408. The van der Waals surface area contributed by atoms with Gasteiger partial charge in [-0.05, 0) is 66.2 Å². The van der Waals surface area contributed by atoms with Crippen LogP contribution < -0.4 is 20.6 Å². The van der Waals surface area contributed by atoms with Gasteiger partial charge in [0, 0.05) is 60.9 Å². The second-order valence-electron chi connectivity index (χ2n) is 15.7. The number of rotatable bonds is 11. The van der Waals surface area contributed by atoms with Crippen LogP contribution in [0.1, 0.15) is 38.2 Å². The van der Waals surface area contributed by atoms with Gasteiger partial charge >= 0.3 is 12.4 Å². The van der Waals surface area contributed by atoms with Crippen LogP contribution in [0, 0.1) is 23.3 Å². The van der Waals surface area contributed by atoms with Gasteiger partial charge in [-0.15, -0.1) is 0 Å². The number of carbonyl (C=O) groups is 1. The predicted octanol–water partition coefficient (Wildman–Crippen LogP) is 9.50. The van der Waals surface area contributed by atoms with E-state index in [1.807, 2.05) is 4.90 Å². The van der Waals surface area contributed by atoms with E-state index >= 15 is 0 Å². The van der Waals surface area contributed by atoms with Gasteiger partial charge in [-0.1, -0.05) is 12.1 Å². The first kappa shape index (κ1) is 49.4. The number of alkyl halides is 6. The van der Waals surface area contributed by atoms with E-state index in [4.69, 9.17) is 14.2 Å². The summed E-state index contributed by atoms with van der Waals surface area (Å²) in [7, 11) is 0. The molecule has 0 spiro atoms. The molecule has 4 aromatic heterocycles. The molecule has 0 unspecified atom stereocenters. The normalized spacial score (nSPS) is 13.2. The van der Waals surface area contributed by atoms with Crippen LogP contribution in [0.5, 0.6) is 23.3 Å². The van der Waals surface area contributed by atoms with Crippen molar-refractivity contribution in [2.45, 2.75) is 32.0 Å². The molecule has 9 rings (SSSR count). The third-order valence-corrected chi connectivity index (χ3v) is 10.8. The number of hydrogen-bond donors (Lipinski definition) is 0. The molecule has 0 aliphatic carbocycles. The molecule has 23 heteroatoms. The lowest BCUT2D eigenvalue weighted by Crippen LogP contribution is -2.35. The standard InChI is InChI=1S/C26H21F5N4O3.C22H12F5N3O3/c27-18-2-1-17(22(28)10-18)14-35-15-33-24(36)20-11-19(3-4-23(20)35)38-25-21(26(29,30)31)9-16(12-32-25)13-34-5-7-37-8-6-34;23-14-2-1-13(18(24)6-14)9-30-11-29-20(32)16-7-15(3-4-19(16)30)33-21-17(22(25,26)27)5-12(10-31)8-28-21/h1-4,9-12,15H,5-8,13-14H2;1-8,10-11H,9H2. The number of hydrogen-bond acceptors (Lipinski definition) is 11. The second kappa shape index (κ2) is 20.5. The van der Waals surface area contributed by atoms with Crippen molar-refractivity contribution >= 4 is 28.1 Å². The van der Waals surface area contributed by atoms with E-state index in [0.29, 0.717) is 49.0 Å². The number of pyridine rings is 2. The summed E-state index contributed by atoms with van der Waals surface area (Å²) in [5, 5.41) is 0.0422. The Balaban J connectivity index is 0.000000192. The monoisotopic (exact) mass is 993 g/mol. The molecule has 8 aromatic rings. The average Bonchev–Trinajstić information content (AvgIpc) is 3.33. The molecule has 0 amide bonds. The minimum Gasteiger partial charge on any atom is -0.438 e. The number of carbonyl (C=O) groups excluding carboxylic acids is 1. The van der Waals surface area contributed by atoms with E-state index < -0.39 is 69.6 Å². The Labute approximate surface area is 393 Å². The number of benzene rings is 4. The highest BCUT2D eigenvalue weighted by atomic mass is 19.4. The second-order valence-corrected chi connectivity index (χ2v) is 15.7. The third-order valence-electron chi connectivity index (χ3n) is 10.8. The Bertz CT molecular complexity index is 3420. The lowest BCUT2D eigenvalue weighted by Gasteiger charge is -2.26. The summed E-state index contributed by atoms with van der Waals surface area (Å²) in [5.41, 5.74) is -2.61. The number of ether oxygens (including phenoxy) is 3. The molecule has 13 nitrogen and oxygen atoms in total. The van der Waals surface area contributed by atoms with Crippen molar-refractivity contribution in [3.8, 4) is 23.3 Å². The quantitative estimate of drug-likeness (QED) is 0.0903. The average molecular weight is 994 g/mol. The highest BCUT2D eigenvalue weighted by molar-refractivity contribution is 5.81. The molecule has 366 valence electrons. The number of nitrogens with zero attached hydrogens (tertiary/aromatic N) is 7. The van der Waals surface area contributed by atoms with Crippen LogP contribution in [-0.4, -0.2) is 66.6 Å². The molecule has 4 aromatic carbocycles. The molecule has 1 saturated heterocycles. The molecule has 1 aliphatic heterocycles. The smallest absolute Gasteiger partial charge is 0.421 e. The number of morpholine rings is 1. The summed E-state index contributed by atoms with van der Waals surface area (Å²) in [4.78, 5) is 52.5. The first-order valence-corrected chi connectivity index (χ1v) is 20.9. The molecular formula is C48H33F10N7O6. The van der Waals surface area contributed by atoms with Gasteiger partial charge in [-0.2, -0.15) is 36.3 Å². The highest BCUT2D eigenvalue weighted by Gasteiger charge is 2.37. The highest BCUT2D eigenvalue weighted by Crippen LogP contribution is 2.39. The van der Waals surface area contributed by atoms with Crippen molar-refractivity contribution in [1.82, 2.24) is 34.0 Å². The van der Waals surface area contributed by atoms with Gasteiger partial charge in [0.15, 0.2) is 6.29 Å². The van der Waals surface area contributed by atoms with Gasteiger partial charge in [0.1, 0.15) is 45.9 Å². The van der Waals surface area contributed by atoms with Gasteiger partial charge < -0.3 is 23.3 Å². The fourth-order valence-electron chi connectivity index (χ4n) is 7.35. The zero-order valence-electron chi connectivity index (χ0n) is 36.3. The molecule has 0 atom stereocenters. The zero-order chi connectivity index (χ0) is 50.6. The van der Waals surface area contributed by atoms with Crippen LogP contribution in [0.25, 0.3) is 21.8 Å². The maximum atomic E-state index is 14.2. The molecule has 1 aliphatic rings. The van der Waals surface area contributed by atoms with E-state index in [0.717, 1.165) is 36.5 Å². The van der Waals surface area contributed by atoms with Crippen molar-refractivity contribution in [3.05, 3.63) is 187 Å². The largest absolute Gasteiger partial charge is 0.438 e. The molecule has 5 heterocycles. The van der Waals surface area contributed by atoms with Crippen LogP contribution in [0.15, 0.2) is 120 Å². The van der Waals surface area contributed by atoms with Crippen LogP contribution in [-0.2, 0) is 36.7 Å². The van der Waals surface area contributed by atoms with Gasteiger partial charge in [0.2, 0.25) is 11.8 Å². The first-order chi connectivity index (χ1) is 33.8. The summed E-state index contributed by atoms with van der Waals surface area (Å²) < 4.78 is 155. The maximum absolute atomic E-state index is 14.2. The molecular weight excluding hydrogens is 961 g/mol. The molecule has 0 N–H and O–H groups in total. The van der Waals surface area contributed by atoms with Gasteiger partial charge in [-0.3, -0.25) is 19.3 Å². The van der Waals surface area contributed by atoms with Crippen LogP contribution >= 0.6 is 0 Å². The van der Waals surface area contributed by atoms with Crippen molar-refractivity contribution < 1.29 is 62.9 Å². The van der Waals surface area contributed by atoms with Crippen molar-refractivity contribution in [1.29, 1.82) is 0 Å². The first-order valence-electron chi connectivity index (χ1n) is 20.9. The molecule has 0 saturated carbocycles. The van der Waals surface area contributed by atoms with E-state index in [9.17, 15) is 58.3 Å². The molecule has 1 fully saturated rings. The summed E-state index contributed by atoms with van der Waals surface area (Å²) >= 11 is 0. The van der Waals surface area contributed by atoms with Crippen LogP contribution in [0.4, 0.5) is 43.9 Å². The van der Waals surface area contributed by atoms with E-state index in [-0.39, 0.29) is 64.9 Å². The van der Waals surface area contributed by atoms with Gasteiger partial charge in [0.25, 0.3) is 11.1 Å². The van der Waals surface area contributed by atoms with Crippen molar-refractivity contribution in [2.75, 3.05) is 26.3 Å². The Morgan fingerprint density at radius 3 is 1.52 bits per heavy atom. The maximum Gasteiger partial charge on any atom is 0.421 e. The summed E-state index contributed by atoms with van der Waals surface area (Å²) in [6.45, 7) is 2.39. The Morgan fingerprint density at radius 1 is 0.577 bits per heavy atom. The number of halogens is 10. The summed E-state index contributed by atoms with van der Waals surface area (Å²) in [5.74, 6) is -4.66. The van der Waals surface area contributed by atoms with Gasteiger partial charge in [-0.25, -0.2) is 27.5 Å². The van der Waals surface area contributed by atoms with Gasteiger partial charge in [0.05, 0.1) is 60.8 Å². The lowest BCUT2D eigenvalue weighted by atomic mass is 10.1. The van der Waals surface area contributed by atoms with E-state index in [2.05, 4.69) is 19.9 Å². The van der Waals surface area contributed by atoms with E-state index in [1.165, 1.54) is 76.5 Å². The van der Waals surface area contributed by atoms with Crippen LogP contribution in [0.2, 0.25) is 0 Å². The zero-order valence-corrected chi connectivity index (χ0v) is 36.3. The summed E-state index contributed by atoms with van der Waals surface area (Å²) in [6, 6.07) is 15.8. The molecule has 0 radical (unpaired) electrons. The fraction of sp³-hybridized carbons (Fsp3) is 0.188. The number of aromatic nitrogens is 6. The molecule has 71 heavy (non-hydrogen) atoms. The summed E-state index contributed by atoms with van der Waals surface area (Å²) in [6.07, 6.45) is -4.71. The van der Waals surface area contributed by atoms with Crippen molar-refractivity contribution in [2.24, 2.45) is 0 Å². The van der Waals surface area contributed by atoms with E-state index in [1.54, 1.807) is 0 Å². The number of aldehydes is 1. The SMILES string of the molecule is O=Cc1cnc(Oc2ccc3c(c2)c(=O)ncn3Cc2ccc(F)cc2F)c(C(F)(F)F)c1.O=c1ncn(Cc2ccc(F)cc2F)c2ccc(Oc3ncc(CN4CCOCC4)cc3C(F)(F)F)cc12. The van der Waals surface area contributed by atoms with Crippen LogP contribution in [0.3, 0.4) is 0 Å². The predicted molar refractivity (Wildman–Crippen MR) is 233 cm³/mol. The fourth-order valence-corrected chi connectivity index (χ4v) is 7.35. The minimum atomic E-state index is -4.84.